The topological polar surface area (TPSA) is 46.2 Å². The molecule has 5 nitrogen and oxygen atoms in total. The van der Waals surface area contributed by atoms with Gasteiger partial charge < -0.3 is 23.7 Å². The maximum atomic E-state index is 6.88. The van der Waals surface area contributed by atoms with E-state index in [-0.39, 0.29) is 12.2 Å². The van der Waals surface area contributed by atoms with E-state index in [1.807, 2.05) is 85.8 Å². The molecule has 218 valence electrons. The molecule has 0 aliphatic carbocycles. The van der Waals surface area contributed by atoms with Gasteiger partial charge in [0.2, 0.25) is 0 Å². The second kappa shape index (κ2) is 15.6. The quantitative estimate of drug-likeness (QED) is 0.142. The predicted octanol–water partition coefficient (Wildman–Crippen LogP) is 7.30. The Morgan fingerprint density at radius 2 is 1.05 bits per heavy atom. The Balaban J connectivity index is 1.39. The minimum atomic E-state index is -0.861. The molecule has 0 radical (unpaired) electrons. The Bertz CT molecular complexity index is 1330. The van der Waals surface area contributed by atoms with Crippen LogP contribution in [-0.4, -0.2) is 37.1 Å². The van der Waals surface area contributed by atoms with Crippen LogP contribution in [0.4, 0.5) is 0 Å². The summed E-state index contributed by atoms with van der Waals surface area (Å²) in [5.41, 5.74) is 3.53. The molecular formula is C37H40O5. The summed E-state index contributed by atoms with van der Waals surface area (Å²) in [6.07, 6.45) is 2.88. The highest BCUT2D eigenvalue weighted by molar-refractivity contribution is 5.19. The second-order valence-corrected chi connectivity index (χ2v) is 10.6. The second-order valence-electron chi connectivity index (χ2n) is 10.6. The first-order valence-corrected chi connectivity index (χ1v) is 14.6. The Kier molecular flexibility index (Phi) is 11.1. The highest BCUT2D eigenvalue weighted by Crippen LogP contribution is 2.38. The van der Waals surface area contributed by atoms with Crippen molar-refractivity contribution in [3.63, 3.8) is 0 Å². The van der Waals surface area contributed by atoms with Crippen molar-refractivity contribution in [1.82, 2.24) is 0 Å². The van der Waals surface area contributed by atoms with Crippen molar-refractivity contribution in [3.8, 4) is 0 Å². The van der Waals surface area contributed by atoms with Crippen molar-refractivity contribution >= 4 is 0 Å². The lowest BCUT2D eigenvalue weighted by Gasteiger charge is -2.33. The molecule has 1 saturated heterocycles. The Morgan fingerprint density at radius 1 is 0.595 bits per heavy atom. The van der Waals surface area contributed by atoms with Gasteiger partial charge in [-0.2, -0.15) is 0 Å². The van der Waals surface area contributed by atoms with Crippen LogP contribution in [-0.2, 0) is 50.1 Å². The predicted molar refractivity (Wildman–Crippen MR) is 165 cm³/mol. The average molecular weight is 565 g/mol. The lowest BCUT2D eigenvalue weighted by Crippen LogP contribution is -2.48. The smallest absolute Gasteiger partial charge is 0.139 e. The van der Waals surface area contributed by atoms with Gasteiger partial charge in [-0.25, -0.2) is 0 Å². The summed E-state index contributed by atoms with van der Waals surface area (Å²) in [5.74, 6) is 0. The van der Waals surface area contributed by atoms with Gasteiger partial charge in [0.25, 0.3) is 0 Å². The number of rotatable bonds is 15. The van der Waals surface area contributed by atoms with Gasteiger partial charge in [0.05, 0.1) is 39.6 Å². The molecule has 0 N–H and O–H groups in total. The summed E-state index contributed by atoms with van der Waals surface area (Å²) in [6, 6.07) is 40.7. The van der Waals surface area contributed by atoms with Crippen LogP contribution in [0.5, 0.6) is 0 Å². The number of allylic oxidation sites excluding steroid dienone is 1. The summed E-state index contributed by atoms with van der Waals surface area (Å²) < 4.78 is 32.8. The van der Waals surface area contributed by atoms with Gasteiger partial charge in [0.1, 0.15) is 23.9 Å². The summed E-state index contributed by atoms with van der Waals surface area (Å²) in [4.78, 5) is 0. The van der Waals surface area contributed by atoms with E-state index in [0.717, 1.165) is 22.3 Å². The van der Waals surface area contributed by atoms with Crippen molar-refractivity contribution in [1.29, 1.82) is 0 Å². The van der Waals surface area contributed by atoms with Gasteiger partial charge >= 0.3 is 0 Å². The molecule has 4 aromatic carbocycles. The fourth-order valence-electron chi connectivity index (χ4n) is 5.33. The maximum absolute atomic E-state index is 6.88. The molecule has 1 aliphatic rings. The Hall–Kier alpha value is -3.58. The minimum absolute atomic E-state index is 0.312. The van der Waals surface area contributed by atoms with E-state index < -0.39 is 11.7 Å². The highest BCUT2D eigenvalue weighted by atomic mass is 16.6. The van der Waals surface area contributed by atoms with Crippen LogP contribution in [0, 0.1) is 0 Å². The van der Waals surface area contributed by atoms with Crippen LogP contribution in [0.2, 0.25) is 0 Å². The van der Waals surface area contributed by atoms with Crippen molar-refractivity contribution in [2.45, 2.75) is 57.3 Å². The van der Waals surface area contributed by atoms with E-state index in [9.17, 15) is 0 Å². The van der Waals surface area contributed by atoms with Gasteiger partial charge in [-0.05, 0) is 29.2 Å². The zero-order valence-electron chi connectivity index (χ0n) is 24.2. The number of hydrogen-bond donors (Lipinski definition) is 0. The molecule has 5 rings (SSSR count). The van der Waals surface area contributed by atoms with E-state index in [2.05, 4.69) is 54.6 Å². The number of hydrogen-bond acceptors (Lipinski definition) is 5. The van der Waals surface area contributed by atoms with Crippen LogP contribution < -0.4 is 0 Å². The van der Waals surface area contributed by atoms with Gasteiger partial charge in [-0.3, -0.25) is 0 Å². The van der Waals surface area contributed by atoms with Crippen LogP contribution >= 0.6 is 0 Å². The van der Waals surface area contributed by atoms with Crippen LogP contribution in [0.15, 0.2) is 133 Å². The lowest BCUT2D eigenvalue weighted by molar-refractivity contribution is -0.128. The molecule has 0 bridgehead atoms. The van der Waals surface area contributed by atoms with Crippen molar-refractivity contribution < 1.29 is 23.7 Å². The van der Waals surface area contributed by atoms with Crippen molar-refractivity contribution in [3.05, 3.63) is 156 Å². The molecule has 0 aromatic heterocycles. The standard InChI is InChI=1S/C37H40O5/c1-2-23-37(29-39-25-31-17-9-4-10-18-31)36(41-27-33-21-13-6-14-22-33)35(40-26-32-19-11-5-12-20-32)34(42-37)28-38-24-30-15-7-3-8-16-30/h2-23,34-36H,24-29H2,1H3/b23-2+/t34-,35-,36+,37+/m1/s1. The van der Waals surface area contributed by atoms with E-state index in [0.29, 0.717) is 39.6 Å². The molecule has 0 saturated carbocycles. The van der Waals surface area contributed by atoms with Gasteiger partial charge in [0, 0.05) is 0 Å². The Morgan fingerprint density at radius 3 is 1.55 bits per heavy atom. The zero-order valence-corrected chi connectivity index (χ0v) is 24.2. The van der Waals surface area contributed by atoms with Gasteiger partial charge in [-0.1, -0.05) is 133 Å². The van der Waals surface area contributed by atoms with Crippen LogP contribution in [0.3, 0.4) is 0 Å². The normalized spacial score (nSPS) is 22.1. The van der Waals surface area contributed by atoms with Crippen molar-refractivity contribution in [2.75, 3.05) is 13.2 Å². The first kappa shape index (κ1) is 29.9. The number of benzene rings is 4. The van der Waals surface area contributed by atoms with E-state index in [1.54, 1.807) is 0 Å². The molecule has 4 aromatic rings. The molecule has 5 heteroatoms. The molecule has 42 heavy (non-hydrogen) atoms. The number of ether oxygens (including phenoxy) is 5. The molecule has 1 heterocycles. The molecule has 0 spiro atoms. The third kappa shape index (κ3) is 8.25. The highest BCUT2D eigenvalue weighted by Gasteiger charge is 2.55. The molecule has 0 unspecified atom stereocenters. The summed E-state index contributed by atoms with van der Waals surface area (Å²) in [6.45, 7) is 4.49. The molecule has 1 fully saturated rings. The molecule has 0 amide bonds. The fraction of sp³-hybridized carbons (Fsp3) is 0.297. The lowest BCUT2D eigenvalue weighted by atomic mass is 9.94. The SMILES string of the molecule is C/C=C/[C@@]1(COCc2ccccc2)O[C@H](COCc2ccccc2)[C@@H](OCc2ccccc2)[C@@H]1OCc1ccccc1. The fourth-order valence-corrected chi connectivity index (χ4v) is 5.33. The van der Waals surface area contributed by atoms with Gasteiger partial charge in [0.15, 0.2) is 0 Å². The summed E-state index contributed by atoms with van der Waals surface area (Å²) in [7, 11) is 0. The largest absolute Gasteiger partial charge is 0.374 e. The first-order valence-electron chi connectivity index (χ1n) is 14.6. The molecule has 1 aliphatic heterocycles. The van der Waals surface area contributed by atoms with Crippen molar-refractivity contribution in [2.24, 2.45) is 0 Å². The summed E-state index contributed by atoms with van der Waals surface area (Å²) in [5, 5.41) is 0. The van der Waals surface area contributed by atoms with E-state index in [1.165, 1.54) is 0 Å². The van der Waals surface area contributed by atoms with Crippen LogP contribution in [0.1, 0.15) is 29.2 Å². The zero-order chi connectivity index (χ0) is 28.9. The third-order valence-electron chi connectivity index (χ3n) is 7.36. The first-order chi connectivity index (χ1) is 20.8. The molecule has 4 atom stereocenters. The summed E-state index contributed by atoms with van der Waals surface area (Å²) >= 11 is 0. The van der Waals surface area contributed by atoms with E-state index >= 15 is 0 Å². The average Bonchev–Trinajstić information content (AvgIpc) is 3.32. The van der Waals surface area contributed by atoms with Gasteiger partial charge in [-0.15, -0.1) is 0 Å². The maximum Gasteiger partial charge on any atom is 0.139 e. The third-order valence-corrected chi connectivity index (χ3v) is 7.36. The minimum Gasteiger partial charge on any atom is -0.374 e. The molecular weight excluding hydrogens is 524 g/mol. The van der Waals surface area contributed by atoms with Crippen LogP contribution in [0.25, 0.3) is 0 Å². The Labute approximate surface area is 249 Å². The monoisotopic (exact) mass is 564 g/mol. The van der Waals surface area contributed by atoms with E-state index in [4.69, 9.17) is 23.7 Å².